The maximum absolute atomic E-state index is 12.1. The van der Waals surface area contributed by atoms with Gasteiger partial charge in [-0.15, -0.1) is 0 Å². The van der Waals surface area contributed by atoms with Crippen LogP contribution in [0, 0.1) is 6.92 Å². The molecule has 6 heteroatoms. The summed E-state index contributed by atoms with van der Waals surface area (Å²) < 4.78 is 5.26. The predicted octanol–water partition coefficient (Wildman–Crippen LogP) is 2.20. The van der Waals surface area contributed by atoms with Gasteiger partial charge in [0.25, 0.3) is 0 Å². The number of aryl methyl sites for hydroxylation is 1. The van der Waals surface area contributed by atoms with E-state index in [1.165, 1.54) is 4.90 Å². The van der Waals surface area contributed by atoms with E-state index in [0.29, 0.717) is 5.56 Å². The number of aromatic nitrogens is 1. The van der Waals surface area contributed by atoms with Crippen LogP contribution in [-0.2, 0) is 16.1 Å². The second-order valence-electron chi connectivity index (χ2n) is 5.70. The Kier molecular flexibility index (Phi) is 3.04. The molecule has 1 aliphatic heterocycles. The number of ether oxygens (including phenoxy) is 1. The van der Waals surface area contributed by atoms with Crippen LogP contribution in [0.5, 0.6) is 0 Å². The number of aliphatic carboxylic acids is 1. The van der Waals surface area contributed by atoms with Crippen molar-refractivity contribution in [3.8, 4) is 0 Å². The van der Waals surface area contributed by atoms with Crippen molar-refractivity contribution in [1.29, 1.82) is 0 Å². The molecule has 2 N–H and O–H groups in total. The number of H-pyrrole nitrogens is 1. The number of nitrogens with one attached hydrogen (secondary N) is 1. The molecular weight excluding hydrogens is 248 g/mol. The van der Waals surface area contributed by atoms with Crippen molar-refractivity contribution in [2.75, 3.05) is 0 Å². The zero-order chi connectivity index (χ0) is 14.4. The molecule has 0 aromatic carbocycles. The van der Waals surface area contributed by atoms with Gasteiger partial charge in [0.05, 0.1) is 6.54 Å². The summed E-state index contributed by atoms with van der Waals surface area (Å²) in [5.41, 5.74) is 1.73. The molecule has 0 radical (unpaired) electrons. The van der Waals surface area contributed by atoms with Crippen LogP contribution < -0.4 is 0 Å². The molecule has 2 rings (SSSR count). The summed E-state index contributed by atoms with van der Waals surface area (Å²) in [6.07, 6.45) is 1.05. The van der Waals surface area contributed by atoms with Gasteiger partial charge < -0.3 is 14.8 Å². The molecule has 0 saturated heterocycles. The Morgan fingerprint density at radius 3 is 2.63 bits per heavy atom. The molecule has 104 valence electrons. The third kappa shape index (κ3) is 2.43. The lowest BCUT2D eigenvalue weighted by atomic mass is 10.1. The summed E-state index contributed by atoms with van der Waals surface area (Å²) in [4.78, 5) is 27.7. The summed E-state index contributed by atoms with van der Waals surface area (Å²) in [6.45, 7) is 7.38. The highest BCUT2D eigenvalue weighted by Crippen LogP contribution is 2.36. The lowest BCUT2D eigenvalue weighted by Crippen LogP contribution is -2.38. The van der Waals surface area contributed by atoms with E-state index in [-0.39, 0.29) is 6.54 Å². The van der Waals surface area contributed by atoms with Gasteiger partial charge in [0.2, 0.25) is 0 Å². The highest BCUT2D eigenvalue weighted by Gasteiger charge is 2.41. The standard InChI is InChI=1S/C13H18N2O4/c1-7-9-6-15(12(18)19-13(2,3)4)10(11(16)17)8(9)5-14-7/h5,10,14H,6H2,1-4H3,(H,16,17)/t10-/m0/s1. The maximum atomic E-state index is 12.1. The van der Waals surface area contributed by atoms with Gasteiger partial charge in [-0.05, 0) is 33.3 Å². The second kappa shape index (κ2) is 4.29. The summed E-state index contributed by atoms with van der Waals surface area (Å²) in [5.74, 6) is -1.05. The van der Waals surface area contributed by atoms with Crippen molar-refractivity contribution in [3.05, 3.63) is 23.0 Å². The van der Waals surface area contributed by atoms with E-state index < -0.39 is 23.7 Å². The number of nitrogens with zero attached hydrogens (tertiary/aromatic N) is 1. The number of carboxylic acid groups (broad SMARTS) is 1. The molecule has 0 fully saturated rings. The molecule has 1 aromatic rings. The Morgan fingerprint density at radius 2 is 2.11 bits per heavy atom. The number of aromatic amines is 1. The molecule has 1 aliphatic rings. The monoisotopic (exact) mass is 266 g/mol. The van der Waals surface area contributed by atoms with Crippen molar-refractivity contribution in [3.63, 3.8) is 0 Å². The minimum Gasteiger partial charge on any atom is -0.479 e. The number of carboxylic acids is 1. The Bertz CT molecular complexity index is 527. The first kappa shape index (κ1) is 13.5. The zero-order valence-corrected chi connectivity index (χ0v) is 11.5. The lowest BCUT2D eigenvalue weighted by molar-refractivity contribution is -0.143. The van der Waals surface area contributed by atoms with Gasteiger partial charge in [0.1, 0.15) is 5.60 Å². The second-order valence-corrected chi connectivity index (χ2v) is 5.70. The van der Waals surface area contributed by atoms with Crippen LogP contribution in [0.15, 0.2) is 6.20 Å². The van der Waals surface area contributed by atoms with E-state index >= 15 is 0 Å². The third-order valence-electron chi connectivity index (χ3n) is 3.04. The molecule has 1 amide bonds. The van der Waals surface area contributed by atoms with E-state index in [1.54, 1.807) is 27.0 Å². The van der Waals surface area contributed by atoms with Crippen molar-refractivity contribution in [1.82, 2.24) is 9.88 Å². The highest BCUT2D eigenvalue weighted by atomic mass is 16.6. The van der Waals surface area contributed by atoms with Crippen molar-refractivity contribution in [2.24, 2.45) is 0 Å². The Labute approximate surface area is 111 Å². The minimum absolute atomic E-state index is 0.260. The number of carbonyl (C=O) groups is 2. The molecular formula is C13H18N2O4. The summed E-state index contributed by atoms with van der Waals surface area (Å²) >= 11 is 0. The maximum Gasteiger partial charge on any atom is 0.411 e. The molecule has 0 saturated carbocycles. The number of hydrogen-bond donors (Lipinski definition) is 2. The molecule has 2 heterocycles. The van der Waals surface area contributed by atoms with Gasteiger partial charge in [-0.25, -0.2) is 9.59 Å². The van der Waals surface area contributed by atoms with E-state index in [9.17, 15) is 14.7 Å². The number of hydrogen-bond acceptors (Lipinski definition) is 3. The molecule has 1 aromatic heterocycles. The summed E-state index contributed by atoms with van der Waals surface area (Å²) in [5, 5.41) is 9.32. The quantitative estimate of drug-likeness (QED) is 0.816. The Balaban J connectivity index is 2.28. The van der Waals surface area contributed by atoms with Gasteiger partial charge in [0, 0.05) is 17.5 Å². The first-order valence-electron chi connectivity index (χ1n) is 6.10. The Morgan fingerprint density at radius 1 is 1.47 bits per heavy atom. The van der Waals surface area contributed by atoms with Gasteiger partial charge in [-0.1, -0.05) is 0 Å². The molecule has 1 atom stereocenters. The van der Waals surface area contributed by atoms with Crippen LogP contribution in [0.1, 0.15) is 43.6 Å². The fourth-order valence-corrected chi connectivity index (χ4v) is 2.22. The van der Waals surface area contributed by atoms with Crippen molar-refractivity contribution in [2.45, 2.75) is 45.9 Å². The third-order valence-corrected chi connectivity index (χ3v) is 3.04. The van der Waals surface area contributed by atoms with Crippen LogP contribution >= 0.6 is 0 Å². The van der Waals surface area contributed by atoms with E-state index in [1.807, 2.05) is 6.92 Å². The summed E-state index contributed by atoms with van der Waals surface area (Å²) in [7, 11) is 0. The number of amides is 1. The van der Waals surface area contributed by atoms with Gasteiger partial charge in [-0.3, -0.25) is 4.90 Å². The molecule has 6 nitrogen and oxygen atoms in total. The molecule has 0 unspecified atom stereocenters. The highest BCUT2D eigenvalue weighted by molar-refractivity contribution is 5.83. The number of fused-ring (bicyclic) bond motifs is 1. The fourth-order valence-electron chi connectivity index (χ4n) is 2.22. The SMILES string of the molecule is Cc1[nH]cc2c1CN(C(=O)OC(C)(C)C)[C@@H]2C(=O)O. The van der Waals surface area contributed by atoms with Crippen LogP contribution in [0.25, 0.3) is 0 Å². The first-order valence-corrected chi connectivity index (χ1v) is 6.10. The predicted molar refractivity (Wildman–Crippen MR) is 67.7 cm³/mol. The van der Waals surface area contributed by atoms with E-state index in [2.05, 4.69) is 4.98 Å². The van der Waals surface area contributed by atoms with Crippen LogP contribution in [0.3, 0.4) is 0 Å². The number of rotatable bonds is 1. The van der Waals surface area contributed by atoms with Crippen LogP contribution in [-0.4, -0.2) is 32.7 Å². The number of carbonyl (C=O) groups excluding carboxylic acids is 1. The summed E-state index contributed by atoms with van der Waals surface area (Å²) in [6, 6.07) is -0.977. The first-order chi connectivity index (χ1) is 8.70. The average Bonchev–Trinajstić information content (AvgIpc) is 2.76. The smallest absolute Gasteiger partial charge is 0.411 e. The largest absolute Gasteiger partial charge is 0.479 e. The van der Waals surface area contributed by atoms with Crippen LogP contribution in [0.2, 0.25) is 0 Å². The Hall–Kier alpha value is -1.98. The molecule has 0 spiro atoms. The van der Waals surface area contributed by atoms with Gasteiger partial charge in [0.15, 0.2) is 6.04 Å². The average molecular weight is 266 g/mol. The fraction of sp³-hybridized carbons (Fsp3) is 0.538. The van der Waals surface area contributed by atoms with Crippen molar-refractivity contribution < 1.29 is 19.4 Å². The molecule has 0 bridgehead atoms. The lowest BCUT2D eigenvalue weighted by Gasteiger charge is -2.27. The van der Waals surface area contributed by atoms with E-state index in [0.717, 1.165) is 11.3 Å². The minimum atomic E-state index is -1.05. The normalized spacial score (nSPS) is 18.3. The molecule has 19 heavy (non-hydrogen) atoms. The topological polar surface area (TPSA) is 82.6 Å². The molecule has 0 aliphatic carbocycles. The van der Waals surface area contributed by atoms with Gasteiger partial charge >= 0.3 is 12.1 Å². The van der Waals surface area contributed by atoms with E-state index in [4.69, 9.17) is 4.74 Å². The zero-order valence-electron chi connectivity index (χ0n) is 11.5. The van der Waals surface area contributed by atoms with Crippen LogP contribution in [0.4, 0.5) is 4.79 Å². The van der Waals surface area contributed by atoms with Gasteiger partial charge in [-0.2, -0.15) is 0 Å². The van der Waals surface area contributed by atoms with Crippen molar-refractivity contribution >= 4 is 12.1 Å².